The fourth-order valence-electron chi connectivity index (χ4n) is 2.18. The van der Waals surface area contributed by atoms with Crippen LogP contribution in [0.3, 0.4) is 0 Å². The minimum absolute atomic E-state index is 0.0357. The summed E-state index contributed by atoms with van der Waals surface area (Å²) in [5.41, 5.74) is 6.01. The van der Waals surface area contributed by atoms with Crippen LogP contribution in [0.15, 0.2) is 0 Å². The predicted octanol–water partition coefficient (Wildman–Crippen LogP) is 1.93. The van der Waals surface area contributed by atoms with Gasteiger partial charge in [0.25, 0.3) is 0 Å². The van der Waals surface area contributed by atoms with Gasteiger partial charge in [-0.1, -0.05) is 33.1 Å². The lowest BCUT2D eigenvalue weighted by molar-refractivity contribution is -0.0144. The van der Waals surface area contributed by atoms with Gasteiger partial charge in [-0.15, -0.1) is 0 Å². The fraction of sp³-hybridized carbons (Fsp3) is 1.00. The fourth-order valence-corrected chi connectivity index (χ4v) is 2.18. The van der Waals surface area contributed by atoms with E-state index in [1.807, 2.05) is 0 Å². The van der Waals surface area contributed by atoms with E-state index in [2.05, 4.69) is 13.8 Å². The Kier molecular flexibility index (Phi) is 6.32. The van der Waals surface area contributed by atoms with Crippen molar-refractivity contribution < 1.29 is 9.84 Å². The van der Waals surface area contributed by atoms with Crippen LogP contribution in [0.2, 0.25) is 0 Å². The molecule has 1 saturated carbocycles. The van der Waals surface area contributed by atoms with Gasteiger partial charge in [0.15, 0.2) is 0 Å². The van der Waals surface area contributed by atoms with E-state index < -0.39 is 0 Å². The van der Waals surface area contributed by atoms with Crippen LogP contribution in [0.25, 0.3) is 0 Å². The van der Waals surface area contributed by atoms with Gasteiger partial charge < -0.3 is 15.6 Å². The van der Waals surface area contributed by atoms with Crippen LogP contribution >= 0.6 is 0 Å². The van der Waals surface area contributed by atoms with Gasteiger partial charge >= 0.3 is 0 Å². The predicted molar refractivity (Wildman–Crippen MR) is 66.2 cm³/mol. The summed E-state index contributed by atoms with van der Waals surface area (Å²) in [5, 5.41) is 9.24. The molecule has 0 bridgehead atoms. The highest BCUT2D eigenvalue weighted by Crippen LogP contribution is 2.29. The zero-order chi connectivity index (χ0) is 12.0. The number of aliphatic hydroxyl groups is 1. The lowest BCUT2D eigenvalue weighted by Gasteiger charge is -2.28. The van der Waals surface area contributed by atoms with E-state index in [-0.39, 0.29) is 18.8 Å². The molecule has 0 aromatic rings. The number of hydrogen-bond acceptors (Lipinski definition) is 3. The number of hydrogen-bond donors (Lipinski definition) is 2. The summed E-state index contributed by atoms with van der Waals surface area (Å²) in [6.45, 7) is 5.07. The molecule has 1 rings (SSSR count). The maximum atomic E-state index is 9.24. The van der Waals surface area contributed by atoms with E-state index in [1.165, 1.54) is 19.3 Å². The van der Waals surface area contributed by atoms with Gasteiger partial charge in [-0.05, 0) is 24.7 Å². The first-order chi connectivity index (χ1) is 7.63. The molecule has 0 aromatic carbocycles. The van der Waals surface area contributed by atoms with Gasteiger partial charge in [-0.2, -0.15) is 0 Å². The largest absolute Gasteiger partial charge is 0.394 e. The molecule has 3 N–H and O–H groups in total. The molecule has 3 nitrogen and oxygen atoms in total. The second-order valence-corrected chi connectivity index (χ2v) is 5.47. The Morgan fingerprint density at radius 3 is 2.50 bits per heavy atom. The average molecular weight is 229 g/mol. The second kappa shape index (κ2) is 7.25. The van der Waals surface area contributed by atoms with Gasteiger partial charge in [-0.3, -0.25) is 0 Å². The van der Waals surface area contributed by atoms with E-state index >= 15 is 0 Å². The van der Waals surface area contributed by atoms with Crippen LogP contribution in [0.4, 0.5) is 0 Å². The van der Waals surface area contributed by atoms with Crippen LogP contribution in [0.5, 0.6) is 0 Å². The molecule has 0 spiro atoms. The van der Waals surface area contributed by atoms with Gasteiger partial charge in [0.05, 0.1) is 12.7 Å². The molecule has 96 valence electrons. The summed E-state index contributed by atoms with van der Waals surface area (Å²) in [7, 11) is 0. The minimum atomic E-state index is -0.178. The third kappa shape index (κ3) is 4.81. The minimum Gasteiger partial charge on any atom is -0.394 e. The third-order valence-electron chi connectivity index (χ3n) is 3.48. The van der Waals surface area contributed by atoms with Crippen molar-refractivity contribution in [3.63, 3.8) is 0 Å². The number of ether oxygens (including phenoxy) is 1. The maximum Gasteiger partial charge on any atom is 0.0956 e. The van der Waals surface area contributed by atoms with E-state index in [0.717, 1.165) is 25.4 Å². The molecule has 16 heavy (non-hydrogen) atoms. The number of rotatable bonds is 8. The van der Waals surface area contributed by atoms with E-state index in [1.54, 1.807) is 0 Å². The normalized spacial score (nSPS) is 20.8. The van der Waals surface area contributed by atoms with Crippen LogP contribution < -0.4 is 5.73 Å². The van der Waals surface area contributed by atoms with Crippen molar-refractivity contribution in [2.45, 2.75) is 58.1 Å². The lowest BCUT2D eigenvalue weighted by Crippen LogP contribution is -2.40. The summed E-state index contributed by atoms with van der Waals surface area (Å²) >= 11 is 0. The summed E-state index contributed by atoms with van der Waals surface area (Å²) in [6.07, 6.45) is 5.94. The Balaban J connectivity index is 2.13. The lowest BCUT2D eigenvalue weighted by atomic mass is 9.83. The van der Waals surface area contributed by atoms with Crippen LogP contribution in [-0.2, 0) is 4.74 Å². The van der Waals surface area contributed by atoms with Crippen LogP contribution in [-0.4, -0.2) is 30.5 Å². The third-order valence-corrected chi connectivity index (χ3v) is 3.48. The first kappa shape index (κ1) is 13.9. The molecule has 1 fully saturated rings. The Labute approximate surface area is 99.4 Å². The zero-order valence-corrected chi connectivity index (χ0v) is 10.7. The molecule has 1 aliphatic rings. The van der Waals surface area contributed by atoms with Crippen molar-refractivity contribution in [1.29, 1.82) is 0 Å². The molecule has 2 unspecified atom stereocenters. The summed E-state index contributed by atoms with van der Waals surface area (Å²) in [6, 6.07) is -0.0357. The Hall–Kier alpha value is -0.120. The van der Waals surface area contributed by atoms with Crippen LogP contribution in [0, 0.1) is 11.8 Å². The molecule has 0 aliphatic heterocycles. The van der Waals surface area contributed by atoms with E-state index in [4.69, 9.17) is 10.5 Å². The molecule has 1 aliphatic carbocycles. The van der Waals surface area contributed by atoms with Crippen molar-refractivity contribution in [3.05, 3.63) is 0 Å². The molecular weight excluding hydrogens is 202 g/mol. The highest BCUT2D eigenvalue weighted by molar-refractivity contribution is 4.75. The van der Waals surface area contributed by atoms with E-state index in [9.17, 15) is 5.11 Å². The summed E-state index contributed by atoms with van der Waals surface area (Å²) in [4.78, 5) is 0. The Morgan fingerprint density at radius 2 is 2.06 bits per heavy atom. The van der Waals surface area contributed by atoms with Gasteiger partial charge in [0, 0.05) is 12.6 Å². The molecule has 3 heteroatoms. The molecule has 2 atom stereocenters. The van der Waals surface area contributed by atoms with Gasteiger partial charge in [0.2, 0.25) is 0 Å². The molecule has 0 heterocycles. The highest BCUT2D eigenvalue weighted by atomic mass is 16.5. The zero-order valence-electron chi connectivity index (χ0n) is 10.7. The monoisotopic (exact) mass is 229 g/mol. The quantitative estimate of drug-likeness (QED) is 0.668. The van der Waals surface area contributed by atoms with Crippen molar-refractivity contribution in [2.75, 3.05) is 13.2 Å². The molecule has 0 radical (unpaired) electrons. The topological polar surface area (TPSA) is 55.5 Å². The SMILES string of the molecule is CC(C)CC(N)C(CO)OCCC1CCC1. The van der Waals surface area contributed by atoms with Gasteiger partial charge in [0.1, 0.15) is 0 Å². The Morgan fingerprint density at radius 1 is 1.38 bits per heavy atom. The number of aliphatic hydroxyl groups excluding tert-OH is 1. The summed E-state index contributed by atoms with van der Waals surface area (Å²) in [5.74, 6) is 1.42. The van der Waals surface area contributed by atoms with Crippen LogP contribution in [0.1, 0.15) is 46.0 Å². The van der Waals surface area contributed by atoms with E-state index in [0.29, 0.717) is 5.92 Å². The molecule has 0 amide bonds. The first-order valence-electron chi connectivity index (χ1n) is 6.61. The molecular formula is C13H27NO2. The van der Waals surface area contributed by atoms with Crippen molar-refractivity contribution in [2.24, 2.45) is 17.6 Å². The number of nitrogens with two attached hydrogens (primary N) is 1. The van der Waals surface area contributed by atoms with Crippen molar-refractivity contribution in [1.82, 2.24) is 0 Å². The van der Waals surface area contributed by atoms with Gasteiger partial charge in [-0.25, -0.2) is 0 Å². The standard InChI is InChI=1S/C13H27NO2/c1-10(2)8-12(14)13(9-15)16-7-6-11-4-3-5-11/h10-13,15H,3-9,14H2,1-2H3. The average Bonchev–Trinajstić information content (AvgIpc) is 2.13. The van der Waals surface area contributed by atoms with Crippen molar-refractivity contribution >= 4 is 0 Å². The van der Waals surface area contributed by atoms with Crippen molar-refractivity contribution in [3.8, 4) is 0 Å². The second-order valence-electron chi connectivity index (χ2n) is 5.47. The highest BCUT2D eigenvalue weighted by Gasteiger charge is 2.21. The first-order valence-corrected chi connectivity index (χ1v) is 6.61. The molecule has 0 aromatic heterocycles. The Bertz CT molecular complexity index is 181. The summed E-state index contributed by atoms with van der Waals surface area (Å²) < 4.78 is 5.69. The smallest absolute Gasteiger partial charge is 0.0956 e. The maximum absolute atomic E-state index is 9.24. The molecule has 0 saturated heterocycles.